The number of carboxylic acids is 3. The number of hydrogen-bond donors (Lipinski definition) is 6. The molecule has 18 nitrogen and oxygen atoms in total. The lowest BCUT2D eigenvalue weighted by atomic mass is 10.1. The fourth-order valence-corrected chi connectivity index (χ4v) is 16.8. The number of halogens is 3. The van der Waals surface area contributed by atoms with Gasteiger partial charge in [0.05, 0.1) is 34.1 Å². The van der Waals surface area contributed by atoms with Crippen LogP contribution >= 0.6 is 64.9 Å². The molecule has 0 amide bonds. The number of benzene rings is 6. The van der Waals surface area contributed by atoms with E-state index in [4.69, 9.17) is 64.2 Å². The SMILES string of the molecule is COP(=O)(c1cc(C)cc(/C=C/C#N)c1)c1c(C(=O)O)[nH]c2ccc(Cl)cc12.COP(=O)(c1cc(C)cc(/C=C/C#N)c1)c1c(C(=O)O)[nH]c2ccc(Cl)cc12.COP(=O)(c1cc(C)cc(/C=C/C#N)c1)c1c(C(=O)O)[nH]c2ccc(Cl)cc12.P=S. The summed E-state index contributed by atoms with van der Waals surface area (Å²) in [5.74, 6) is -3.76. The Bertz CT molecular complexity index is 4100. The molecule has 3 heterocycles. The third-order valence-corrected chi connectivity index (χ3v) is 21.0. The van der Waals surface area contributed by atoms with Crippen LogP contribution in [0.5, 0.6) is 0 Å². The zero-order chi connectivity index (χ0) is 63.4. The molecule has 3 atom stereocenters. The Labute approximate surface area is 515 Å². The van der Waals surface area contributed by atoms with Crippen molar-refractivity contribution < 1.29 is 57.0 Å². The number of fused-ring (bicyclic) bond motifs is 3. The van der Waals surface area contributed by atoms with Crippen LogP contribution in [0.3, 0.4) is 0 Å². The molecule has 0 aliphatic heterocycles. The summed E-state index contributed by atoms with van der Waals surface area (Å²) < 4.78 is 58.5. The third-order valence-electron chi connectivity index (χ3n) is 12.8. The van der Waals surface area contributed by atoms with Gasteiger partial charge in [0.25, 0.3) is 22.1 Å². The van der Waals surface area contributed by atoms with Gasteiger partial charge in [-0.3, -0.25) is 13.7 Å². The smallest absolute Gasteiger partial charge is 0.353 e. The van der Waals surface area contributed by atoms with Crippen molar-refractivity contribution in [2.45, 2.75) is 20.8 Å². The van der Waals surface area contributed by atoms with Gasteiger partial charge in [-0.2, -0.15) is 15.8 Å². The number of hydrogen-bond acceptors (Lipinski definition) is 13. The molecule has 9 rings (SSSR count). The zero-order valence-electron chi connectivity index (χ0n) is 46.1. The number of nitrogens with one attached hydrogen (secondary N) is 3. The van der Waals surface area contributed by atoms with E-state index in [9.17, 15) is 43.4 Å². The quantitative estimate of drug-likeness (QED) is 0.0410. The number of rotatable bonds is 15. The van der Waals surface area contributed by atoms with Crippen LogP contribution in [0.15, 0.2) is 127 Å². The number of allylic oxidation sites excluding steroid dienone is 3. The number of carbonyl (C=O) groups is 3. The molecule has 0 saturated heterocycles. The highest BCUT2D eigenvalue weighted by molar-refractivity contribution is 7.88. The molecule has 0 fully saturated rings. The monoisotopic (exact) mass is 1310 g/mol. The molecule has 0 aliphatic rings. The van der Waals surface area contributed by atoms with Gasteiger partial charge in [-0.05, 0) is 171 Å². The Morgan fingerprint density at radius 2 is 0.709 bits per heavy atom. The van der Waals surface area contributed by atoms with Crippen LogP contribution in [0.2, 0.25) is 15.1 Å². The second kappa shape index (κ2) is 28.9. The molecule has 3 aromatic heterocycles. The lowest BCUT2D eigenvalue weighted by Crippen LogP contribution is -2.23. The standard InChI is InChI=1S/3C20H16ClN2O4P.HPS/c3*1-12-8-13(4-3-7-22)10-15(9-12)28(26,27-2)19-16-11-14(21)5-6-17(16)23-18(19)20(24)25;1-2/h3*3-6,8-11,23H,1-2H3,(H,24,25);1H/b3*4-3+;. The molecule has 86 heavy (non-hydrogen) atoms. The fourth-order valence-electron chi connectivity index (χ4n) is 9.38. The lowest BCUT2D eigenvalue weighted by molar-refractivity contribution is 0.0682. The highest BCUT2D eigenvalue weighted by Gasteiger charge is 2.39. The minimum Gasteiger partial charge on any atom is -0.477 e. The number of aromatic amines is 3. The highest BCUT2D eigenvalue weighted by Crippen LogP contribution is 2.50. The van der Waals surface area contributed by atoms with Gasteiger partial charge < -0.3 is 43.8 Å². The molecule has 26 heteroatoms. The Morgan fingerprint density at radius 3 is 0.919 bits per heavy atom. The summed E-state index contributed by atoms with van der Waals surface area (Å²) in [5.41, 5.74) is 5.19. The number of aryl methyl sites for hydroxylation is 3. The van der Waals surface area contributed by atoms with Gasteiger partial charge in [0.2, 0.25) is 0 Å². The predicted octanol–water partition coefficient (Wildman–Crippen LogP) is 13.3. The summed E-state index contributed by atoms with van der Waals surface area (Å²) in [7, 11) is -4.97. The zero-order valence-corrected chi connectivity index (χ0v) is 52.9. The molecule has 6 aromatic carbocycles. The van der Waals surface area contributed by atoms with Crippen LogP contribution in [0.25, 0.3) is 50.9 Å². The van der Waals surface area contributed by atoms with Crippen LogP contribution in [-0.2, 0) is 39.1 Å². The van der Waals surface area contributed by atoms with Crippen molar-refractivity contribution in [3.05, 3.63) is 193 Å². The maximum Gasteiger partial charge on any atom is 0.353 e. The average Bonchev–Trinajstić information content (AvgIpc) is 1.66. The Kier molecular flexibility index (Phi) is 22.6. The molecule has 0 aliphatic carbocycles. The van der Waals surface area contributed by atoms with E-state index in [2.05, 4.69) is 34.8 Å². The number of carboxylic acid groups (broad SMARTS) is 3. The molecule has 0 saturated carbocycles. The van der Waals surface area contributed by atoms with Crippen LogP contribution in [0.4, 0.5) is 0 Å². The largest absolute Gasteiger partial charge is 0.477 e. The van der Waals surface area contributed by atoms with E-state index < -0.39 is 40.0 Å². The maximum atomic E-state index is 14.0. The summed E-state index contributed by atoms with van der Waals surface area (Å²) in [4.78, 5) is 44.0. The number of nitriles is 3. The summed E-state index contributed by atoms with van der Waals surface area (Å²) in [6, 6.07) is 35.5. The Balaban J connectivity index is 0.000000203. The molecule has 0 spiro atoms. The fraction of sp³-hybridized carbons (Fsp3) is 0.100. The van der Waals surface area contributed by atoms with Gasteiger partial charge in [0, 0.05) is 103 Å². The minimum absolute atomic E-state index is 0.0563. The van der Waals surface area contributed by atoms with Crippen LogP contribution in [-0.4, -0.2) is 69.5 Å². The molecule has 6 N–H and O–H groups in total. The summed E-state index contributed by atoms with van der Waals surface area (Å²) in [6.45, 7) is 5.45. The summed E-state index contributed by atoms with van der Waals surface area (Å²) in [5, 5.41) is 58.9. The van der Waals surface area contributed by atoms with Crippen molar-refractivity contribution in [2.24, 2.45) is 0 Å². The van der Waals surface area contributed by atoms with Crippen molar-refractivity contribution in [1.82, 2.24) is 15.0 Å². The molecule has 438 valence electrons. The van der Waals surface area contributed by atoms with Crippen molar-refractivity contribution >= 4 is 177 Å². The lowest BCUT2D eigenvalue weighted by Gasteiger charge is -2.18. The molecule has 9 aromatic rings. The van der Waals surface area contributed by atoms with E-state index in [1.807, 2.05) is 57.2 Å². The minimum atomic E-state index is -3.79. The molecule has 0 bridgehead atoms. The first-order chi connectivity index (χ1) is 40.9. The van der Waals surface area contributed by atoms with E-state index >= 15 is 0 Å². The van der Waals surface area contributed by atoms with E-state index in [-0.39, 0.29) is 33.0 Å². The van der Waals surface area contributed by atoms with Crippen LogP contribution in [0.1, 0.15) is 64.8 Å². The first kappa shape index (κ1) is 67.1. The van der Waals surface area contributed by atoms with Crippen molar-refractivity contribution in [1.29, 1.82) is 15.8 Å². The van der Waals surface area contributed by atoms with Gasteiger partial charge in [-0.15, -0.1) is 0 Å². The van der Waals surface area contributed by atoms with E-state index in [1.165, 1.54) is 39.6 Å². The predicted molar refractivity (Wildman–Crippen MR) is 346 cm³/mol. The second-order valence-electron chi connectivity index (χ2n) is 18.4. The Hall–Kier alpha value is -8.00. The molecule has 0 radical (unpaired) electrons. The van der Waals surface area contributed by atoms with Crippen LogP contribution in [0, 0.1) is 54.8 Å². The molecular weight excluding hydrogens is 1260 g/mol. The van der Waals surface area contributed by atoms with E-state index in [1.54, 1.807) is 109 Å². The van der Waals surface area contributed by atoms with Gasteiger partial charge in [-0.25, -0.2) is 14.4 Å². The van der Waals surface area contributed by atoms with E-state index in [0.29, 0.717) is 80.4 Å². The Morgan fingerprint density at radius 1 is 0.465 bits per heavy atom. The highest BCUT2D eigenvalue weighted by atomic mass is 35.5. The first-order valence-electron chi connectivity index (χ1n) is 24.8. The normalized spacial score (nSPS) is 13.2. The van der Waals surface area contributed by atoms with Gasteiger partial charge in [0.15, 0.2) is 0 Å². The maximum absolute atomic E-state index is 14.0. The van der Waals surface area contributed by atoms with Crippen molar-refractivity contribution in [3.8, 4) is 18.2 Å². The number of aromatic carboxylic acids is 3. The summed E-state index contributed by atoms with van der Waals surface area (Å²) in [6.07, 6.45) is 8.68. The summed E-state index contributed by atoms with van der Waals surface area (Å²) >= 11 is 22.2. The number of H-pyrrole nitrogens is 3. The molecular formula is C60H49Cl3N6O12P4S. The molecule has 3 unspecified atom stereocenters. The second-order valence-corrected chi connectivity index (χ2v) is 27.0. The number of nitrogens with zero attached hydrogens (tertiary/aromatic N) is 3. The van der Waals surface area contributed by atoms with E-state index in [0.717, 1.165) is 16.7 Å². The van der Waals surface area contributed by atoms with Gasteiger partial charge in [0.1, 0.15) is 17.1 Å². The van der Waals surface area contributed by atoms with Gasteiger partial charge in [-0.1, -0.05) is 64.8 Å². The average molecular weight is 1310 g/mol. The van der Waals surface area contributed by atoms with Crippen LogP contribution < -0.4 is 31.8 Å². The van der Waals surface area contributed by atoms with Crippen molar-refractivity contribution in [2.75, 3.05) is 21.3 Å². The third kappa shape index (κ3) is 14.5. The topological polar surface area (TPSA) is 310 Å². The first-order valence-corrected chi connectivity index (χ1v) is 32.4. The number of aromatic nitrogens is 3. The van der Waals surface area contributed by atoms with Gasteiger partial charge >= 0.3 is 17.9 Å². The van der Waals surface area contributed by atoms with Crippen molar-refractivity contribution in [3.63, 3.8) is 0 Å².